The molecule has 3 amide bonds. The zero-order valence-electron chi connectivity index (χ0n) is 21.9. The van der Waals surface area contributed by atoms with Crippen LogP contribution in [0.1, 0.15) is 64.5 Å². The van der Waals surface area contributed by atoms with Crippen molar-refractivity contribution < 1.29 is 24.3 Å². The van der Waals surface area contributed by atoms with E-state index in [1.54, 1.807) is 6.20 Å². The van der Waals surface area contributed by atoms with Gasteiger partial charge in [0.25, 0.3) is 0 Å². The predicted molar refractivity (Wildman–Crippen MR) is 139 cm³/mol. The van der Waals surface area contributed by atoms with Gasteiger partial charge < -0.3 is 43.2 Å². The molecule has 13 heteroatoms. The number of H-pyrrole nitrogens is 1. The lowest BCUT2D eigenvalue weighted by Crippen LogP contribution is -2.57. The normalized spacial score (nSPS) is 14.4. The van der Waals surface area contributed by atoms with Gasteiger partial charge in [0, 0.05) is 18.3 Å². The van der Waals surface area contributed by atoms with Gasteiger partial charge in [-0.3, -0.25) is 14.4 Å². The van der Waals surface area contributed by atoms with Gasteiger partial charge in [0.05, 0.1) is 12.4 Å². The van der Waals surface area contributed by atoms with Crippen molar-refractivity contribution in [3.8, 4) is 0 Å². The molecule has 0 aromatic carbocycles. The first-order valence-corrected chi connectivity index (χ1v) is 12.9. The number of amides is 3. The van der Waals surface area contributed by atoms with Gasteiger partial charge in [-0.2, -0.15) is 0 Å². The first kappa shape index (κ1) is 32.0. The summed E-state index contributed by atoms with van der Waals surface area (Å²) < 4.78 is 0. The monoisotopic (exact) mass is 524 g/mol. The van der Waals surface area contributed by atoms with E-state index < -0.39 is 47.9 Å². The highest BCUT2D eigenvalue weighted by atomic mass is 16.4. The van der Waals surface area contributed by atoms with Crippen LogP contribution in [0.25, 0.3) is 0 Å². The molecular weight excluding hydrogens is 480 g/mol. The predicted octanol–water partition coefficient (Wildman–Crippen LogP) is -0.877. The number of aromatic nitrogens is 2. The van der Waals surface area contributed by atoms with E-state index >= 15 is 0 Å². The fourth-order valence-electron chi connectivity index (χ4n) is 3.77. The van der Waals surface area contributed by atoms with Crippen LogP contribution in [0.4, 0.5) is 0 Å². The van der Waals surface area contributed by atoms with E-state index in [4.69, 9.17) is 17.2 Å². The Kier molecular flexibility index (Phi) is 15.1. The topological polar surface area (TPSA) is 231 Å². The smallest absolute Gasteiger partial charge is 0.326 e. The molecule has 0 radical (unpaired) electrons. The van der Waals surface area contributed by atoms with Gasteiger partial charge in [-0.15, -0.1) is 0 Å². The van der Waals surface area contributed by atoms with Crippen LogP contribution in [0.2, 0.25) is 0 Å². The molecule has 1 rings (SSSR count). The third-order valence-electron chi connectivity index (χ3n) is 5.81. The molecule has 1 aromatic rings. The number of aliphatic carboxylic acids is 1. The highest BCUT2D eigenvalue weighted by Gasteiger charge is 2.30. The zero-order chi connectivity index (χ0) is 27.8. The van der Waals surface area contributed by atoms with Gasteiger partial charge in [0.1, 0.15) is 18.1 Å². The Labute approximate surface area is 218 Å². The lowest BCUT2D eigenvalue weighted by atomic mass is 10.0. The van der Waals surface area contributed by atoms with Crippen molar-refractivity contribution in [2.75, 3.05) is 13.1 Å². The summed E-state index contributed by atoms with van der Waals surface area (Å²) in [4.78, 5) is 57.4. The lowest BCUT2D eigenvalue weighted by molar-refractivity contribution is -0.142. The van der Waals surface area contributed by atoms with Crippen molar-refractivity contribution in [2.24, 2.45) is 23.1 Å². The van der Waals surface area contributed by atoms with Gasteiger partial charge in [-0.05, 0) is 64.0 Å². The van der Waals surface area contributed by atoms with Crippen molar-refractivity contribution in [1.29, 1.82) is 0 Å². The molecule has 4 unspecified atom stereocenters. The zero-order valence-corrected chi connectivity index (χ0v) is 21.9. The van der Waals surface area contributed by atoms with Crippen LogP contribution >= 0.6 is 0 Å². The summed E-state index contributed by atoms with van der Waals surface area (Å²) in [5.41, 5.74) is 17.9. The number of carbonyl (C=O) groups is 4. The Morgan fingerprint density at radius 3 is 1.84 bits per heavy atom. The summed E-state index contributed by atoms with van der Waals surface area (Å²) in [6.07, 6.45) is 6.47. The van der Waals surface area contributed by atoms with E-state index in [2.05, 4.69) is 25.9 Å². The quantitative estimate of drug-likeness (QED) is 0.105. The average molecular weight is 525 g/mol. The third-order valence-corrected chi connectivity index (χ3v) is 5.81. The van der Waals surface area contributed by atoms with Crippen molar-refractivity contribution in [3.05, 3.63) is 18.2 Å². The van der Waals surface area contributed by atoms with Crippen LogP contribution in [0.5, 0.6) is 0 Å². The number of aromatic amines is 1. The third kappa shape index (κ3) is 12.7. The standard InChI is InChI=1S/C24H44N8O5/c1-15(2)11-20(24(36)37)32-23(35)19(8-4-6-10-26)31-22(34)18(7-3-5-9-25)30-21(33)17(27)12-16-13-28-14-29-16/h13-15,17-20H,3-12,25-27H2,1-2H3,(H,28,29)(H,30,33)(H,31,34)(H,32,35)(H,36,37). The number of nitrogens with zero attached hydrogens (tertiary/aromatic N) is 1. The first-order chi connectivity index (χ1) is 17.6. The molecule has 13 nitrogen and oxygen atoms in total. The van der Waals surface area contributed by atoms with E-state index in [1.165, 1.54) is 6.33 Å². The fraction of sp³-hybridized carbons (Fsp3) is 0.708. The van der Waals surface area contributed by atoms with Gasteiger partial charge >= 0.3 is 5.97 Å². The van der Waals surface area contributed by atoms with Crippen LogP contribution in [0.15, 0.2) is 12.5 Å². The molecule has 1 heterocycles. The van der Waals surface area contributed by atoms with E-state index in [9.17, 15) is 24.3 Å². The van der Waals surface area contributed by atoms with Crippen LogP contribution < -0.4 is 33.2 Å². The first-order valence-electron chi connectivity index (χ1n) is 12.9. The van der Waals surface area contributed by atoms with E-state index in [0.29, 0.717) is 50.9 Å². The maximum Gasteiger partial charge on any atom is 0.326 e. The fourth-order valence-corrected chi connectivity index (χ4v) is 3.77. The molecule has 11 N–H and O–H groups in total. The molecule has 0 bridgehead atoms. The second kappa shape index (κ2) is 17.4. The van der Waals surface area contributed by atoms with E-state index in [-0.39, 0.29) is 25.2 Å². The minimum absolute atomic E-state index is 0.0415. The summed E-state index contributed by atoms with van der Waals surface area (Å²) in [6, 6.07) is -3.92. The van der Waals surface area contributed by atoms with Crippen molar-refractivity contribution >= 4 is 23.7 Å². The summed E-state index contributed by atoms with van der Waals surface area (Å²) in [5, 5.41) is 17.4. The van der Waals surface area contributed by atoms with Crippen LogP contribution in [-0.4, -0.2) is 76.0 Å². The molecule has 0 spiro atoms. The minimum atomic E-state index is -1.15. The van der Waals surface area contributed by atoms with Crippen LogP contribution in [-0.2, 0) is 25.6 Å². The van der Waals surface area contributed by atoms with Crippen LogP contribution in [0, 0.1) is 5.92 Å². The number of imidazole rings is 1. The molecule has 0 aliphatic heterocycles. The Bertz CT molecular complexity index is 833. The summed E-state index contributed by atoms with van der Waals surface area (Å²) in [7, 11) is 0. The van der Waals surface area contributed by atoms with Gasteiger partial charge in [-0.25, -0.2) is 9.78 Å². The van der Waals surface area contributed by atoms with E-state index in [0.717, 1.165) is 0 Å². The highest BCUT2D eigenvalue weighted by molar-refractivity contribution is 5.94. The average Bonchev–Trinajstić information content (AvgIpc) is 3.35. The molecule has 0 saturated heterocycles. The molecule has 0 fully saturated rings. The maximum absolute atomic E-state index is 13.2. The molecule has 1 aromatic heterocycles. The number of carboxylic acid groups (broad SMARTS) is 1. The SMILES string of the molecule is CC(C)CC(NC(=O)C(CCCCN)NC(=O)C(CCCCN)NC(=O)C(N)Cc1cnc[nH]1)C(=O)O. The maximum atomic E-state index is 13.2. The number of carbonyl (C=O) groups excluding carboxylic acids is 3. The number of nitrogens with two attached hydrogens (primary N) is 3. The van der Waals surface area contributed by atoms with Crippen LogP contribution in [0.3, 0.4) is 0 Å². The number of rotatable bonds is 19. The number of hydrogen-bond acceptors (Lipinski definition) is 8. The highest BCUT2D eigenvalue weighted by Crippen LogP contribution is 2.09. The summed E-state index contributed by atoms with van der Waals surface area (Å²) in [6.45, 7) is 4.56. The number of carboxylic acids is 1. The molecule has 0 saturated carbocycles. The number of unbranched alkanes of at least 4 members (excludes halogenated alkanes) is 2. The molecule has 0 aliphatic carbocycles. The van der Waals surface area contributed by atoms with Gasteiger partial charge in [0.2, 0.25) is 17.7 Å². The molecule has 37 heavy (non-hydrogen) atoms. The Morgan fingerprint density at radius 1 is 0.892 bits per heavy atom. The van der Waals surface area contributed by atoms with E-state index in [1.807, 2.05) is 13.8 Å². The molecule has 0 aliphatic rings. The molecule has 210 valence electrons. The largest absolute Gasteiger partial charge is 0.480 e. The van der Waals surface area contributed by atoms with Crippen molar-refractivity contribution in [1.82, 2.24) is 25.9 Å². The lowest BCUT2D eigenvalue weighted by Gasteiger charge is -2.25. The number of nitrogens with one attached hydrogen (secondary N) is 4. The second-order valence-corrected chi connectivity index (χ2v) is 9.61. The van der Waals surface area contributed by atoms with Gasteiger partial charge in [-0.1, -0.05) is 13.8 Å². The summed E-state index contributed by atoms with van der Waals surface area (Å²) >= 11 is 0. The molecule has 4 atom stereocenters. The Morgan fingerprint density at radius 2 is 1.41 bits per heavy atom. The minimum Gasteiger partial charge on any atom is -0.480 e. The number of hydrogen-bond donors (Lipinski definition) is 8. The summed E-state index contributed by atoms with van der Waals surface area (Å²) in [5.74, 6) is -2.77. The Balaban J connectivity index is 2.95. The van der Waals surface area contributed by atoms with Crippen molar-refractivity contribution in [2.45, 2.75) is 89.4 Å². The second-order valence-electron chi connectivity index (χ2n) is 9.61. The van der Waals surface area contributed by atoms with Crippen molar-refractivity contribution in [3.63, 3.8) is 0 Å². The van der Waals surface area contributed by atoms with Gasteiger partial charge in [0.15, 0.2) is 0 Å². The molecular formula is C24H44N8O5. The Hall–Kier alpha value is -3.03.